The molecule has 2 amide bonds. The lowest BCUT2D eigenvalue weighted by Crippen LogP contribution is -2.39. The van der Waals surface area contributed by atoms with E-state index in [1.807, 2.05) is 5.32 Å². The maximum Gasteiger partial charge on any atom is 0.416 e. The van der Waals surface area contributed by atoms with Crippen molar-refractivity contribution in [2.45, 2.75) is 25.6 Å². The van der Waals surface area contributed by atoms with Gasteiger partial charge < -0.3 is 15.7 Å². The van der Waals surface area contributed by atoms with Crippen LogP contribution in [0.5, 0.6) is 0 Å². The first-order chi connectivity index (χ1) is 9.27. The highest BCUT2D eigenvalue weighted by molar-refractivity contribution is 5.89. The van der Waals surface area contributed by atoms with Crippen LogP contribution in [-0.4, -0.2) is 23.8 Å². The van der Waals surface area contributed by atoms with E-state index in [4.69, 9.17) is 5.11 Å². The second kappa shape index (κ2) is 6.56. The summed E-state index contributed by atoms with van der Waals surface area (Å²) in [4.78, 5) is 11.5. The van der Waals surface area contributed by atoms with E-state index in [-0.39, 0.29) is 6.61 Å². The Hall–Kier alpha value is -1.83. The molecule has 0 spiro atoms. The second-order valence-corrected chi connectivity index (χ2v) is 4.08. The van der Waals surface area contributed by atoms with Gasteiger partial charge in [-0.3, -0.25) is 0 Å². The van der Waals surface area contributed by atoms with Gasteiger partial charge in [-0.25, -0.2) is 9.18 Å². The van der Waals surface area contributed by atoms with Crippen molar-refractivity contribution in [1.82, 2.24) is 5.32 Å². The zero-order valence-electron chi connectivity index (χ0n) is 10.6. The van der Waals surface area contributed by atoms with Crippen LogP contribution in [0.1, 0.15) is 18.9 Å². The van der Waals surface area contributed by atoms with Gasteiger partial charge >= 0.3 is 12.2 Å². The molecule has 0 heterocycles. The number of hydrogen-bond donors (Lipinski definition) is 3. The van der Waals surface area contributed by atoms with Gasteiger partial charge in [-0.2, -0.15) is 13.2 Å². The van der Waals surface area contributed by atoms with Crippen LogP contribution in [0, 0.1) is 5.82 Å². The molecule has 112 valence electrons. The lowest BCUT2D eigenvalue weighted by atomic mass is 10.2. The maximum atomic E-state index is 13.4. The Morgan fingerprint density at radius 3 is 2.55 bits per heavy atom. The van der Waals surface area contributed by atoms with Gasteiger partial charge in [0.15, 0.2) is 0 Å². The molecule has 0 saturated heterocycles. The Balaban J connectivity index is 2.84. The summed E-state index contributed by atoms with van der Waals surface area (Å²) in [6.45, 7) is 1.38. The highest BCUT2D eigenvalue weighted by Gasteiger charge is 2.31. The van der Waals surface area contributed by atoms with E-state index in [9.17, 15) is 22.4 Å². The summed E-state index contributed by atoms with van der Waals surface area (Å²) >= 11 is 0. The Kier molecular flexibility index (Phi) is 5.32. The summed E-state index contributed by atoms with van der Waals surface area (Å²) in [6, 6.07) is 0.283. The topological polar surface area (TPSA) is 61.4 Å². The minimum Gasteiger partial charge on any atom is -0.394 e. The summed E-state index contributed by atoms with van der Waals surface area (Å²) in [7, 11) is 0. The third-order valence-corrected chi connectivity index (χ3v) is 2.59. The number of hydrogen-bond acceptors (Lipinski definition) is 2. The van der Waals surface area contributed by atoms with Gasteiger partial charge in [-0.1, -0.05) is 6.92 Å². The zero-order valence-corrected chi connectivity index (χ0v) is 10.6. The molecule has 0 aromatic heterocycles. The summed E-state index contributed by atoms with van der Waals surface area (Å²) in [5.74, 6) is -0.981. The molecule has 1 rings (SSSR count). The van der Waals surface area contributed by atoms with E-state index in [0.29, 0.717) is 24.6 Å². The number of alkyl halides is 3. The predicted molar refractivity (Wildman–Crippen MR) is 64.7 cm³/mol. The fraction of sp³-hybridized carbons (Fsp3) is 0.417. The van der Waals surface area contributed by atoms with Crippen molar-refractivity contribution in [3.05, 3.63) is 29.6 Å². The molecule has 1 unspecified atom stereocenters. The number of urea groups is 1. The molecule has 1 aromatic carbocycles. The largest absolute Gasteiger partial charge is 0.416 e. The molecule has 0 aliphatic heterocycles. The van der Waals surface area contributed by atoms with Crippen molar-refractivity contribution in [1.29, 1.82) is 0 Å². The number of amides is 2. The third-order valence-electron chi connectivity index (χ3n) is 2.59. The Labute approximate surface area is 112 Å². The van der Waals surface area contributed by atoms with Gasteiger partial charge in [0.05, 0.1) is 23.9 Å². The molecular weight excluding hydrogens is 280 g/mol. The van der Waals surface area contributed by atoms with E-state index >= 15 is 0 Å². The standard InChI is InChI=1S/C12H14F4N2O2/c1-2-8(6-19)17-11(20)18-10-5-7(12(14,15)16)3-4-9(10)13/h3-5,8,19H,2,6H2,1H3,(H2,17,18,20). The van der Waals surface area contributed by atoms with Crippen LogP contribution in [-0.2, 0) is 6.18 Å². The molecule has 0 radical (unpaired) electrons. The second-order valence-electron chi connectivity index (χ2n) is 4.08. The quantitative estimate of drug-likeness (QED) is 0.748. The first-order valence-electron chi connectivity index (χ1n) is 5.83. The first-order valence-corrected chi connectivity index (χ1v) is 5.83. The number of carbonyl (C=O) groups excluding carboxylic acids is 1. The van der Waals surface area contributed by atoms with E-state index < -0.39 is 35.3 Å². The van der Waals surface area contributed by atoms with Crippen LogP contribution >= 0.6 is 0 Å². The van der Waals surface area contributed by atoms with Gasteiger partial charge in [0.1, 0.15) is 5.82 Å². The monoisotopic (exact) mass is 294 g/mol. The highest BCUT2D eigenvalue weighted by Crippen LogP contribution is 2.31. The normalized spacial score (nSPS) is 12.9. The number of aliphatic hydroxyl groups excluding tert-OH is 1. The van der Waals surface area contributed by atoms with Crippen molar-refractivity contribution in [2.24, 2.45) is 0 Å². The van der Waals surface area contributed by atoms with Crippen LogP contribution in [0.3, 0.4) is 0 Å². The minimum absolute atomic E-state index is 0.324. The Bertz CT molecular complexity index is 473. The summed E-state index contributed by atoms with van der Waals surface area (Å²) in [6.07, 6.45) is -4.20. The van der Waals surface area contributed by atoms with Crippen LogP contribution in [0.2, 0.25) is 0 Å². The summed E-state index contributed by atoms with van der Waals surface area (Å²) in [5.41, 5.74) is -1.64. The number of aliphatic hydroxyl groups is 1. The van der Waals surface area contributed by atoms with Crippen molar-refractivity contribution in [2.75, 3.05) is 11.9 Å². The highest BCUT2D eigenvalue weighted by atomic mass is 19.4. The fourth-order valence-electron chi connectivity index (χ4n) is 1.42. The molecule has 0 saturated carbocycles. The smallest absolute Gasteiger partial charge is 0.394 e. The van der Waals surface area contributed by atoms with Gasteiger partial charge in [0, 0.05) is 0 Å². The lowest BCUT2D eigenvalue weighted by Gasteiger charge is -2.15. The van der Waals surface area contributed by atoms with Crippen LogP contribution < -0.4 is 10.6 Å². The molecule has 0 fully saturated rings. The number of carbonyl (C=O) groups is 1. The molecular formula is C12H14F4N2O2. The number of halogens is 4. The number of benzene rings is 1. The molecule has 20 heavy (non-hydrogen) atoms. The van der Waals surface area contributed by atoms with Gasteiger partial charge in [0.2, 0.25) is 0 Å². The average molecular weight is 294 g/mol. The lowest BCUT2D eigenvalue weighted by molar-refractivity contribution is -0.137. The van der Waals surface area contributed by atoms with Crippen LogP contribution in [0.15, 0.2) is 18.2 Å². The molecule has 8 heteroatoms. The fourth-order valence-corrected chi connectivity index (χ4v) is 1.42. The van der Waals surface area contributed by atoms with Crippen molar-refractivity contribution >= 4 is 11.7 Å². The van der Waals surface area contributed by atoms with Crippen molar-refractivity contribution in [3.63, 3.8) is 0 Å². The molecule has 0 aliphatic rings. The SMILES string of the molecule is CCC(CO)NC(=O)Nc1cc(C(F)(F)F)ccc1F. The van der Waals surface area contributed by atoms with E-state index in [0.717, 1.165) is 0 Å². The van der Waals surface area contributed by atoms with Crippen molar-refractivity contribution in [3.8, 4) is 0 Å². The van der Waals surface area contributed by atoms with E-state index in [1.165, 1.54) is 0 Å². The molecule has 1 aromatic rings. The number of anilines is 1. The van der Waals surface area contributed by atoms with E-state index in [1.54, 1.807) is 6.92 Å². The van der Waals surface area contributed by atoms with Gasteiger partial charge in [-0.05, 0) is 24.6 Å². The minimum atomic E-state index is -4.63. The maximum absolute atomic E-state index is 13.4. The average Bonchev–Trinajstić information content (AvgIpc) is 2.37. The van der Waals surface area contributed by atoms with Crippen LogP contribution in [0.25, 0.3) is 0 Å². The zero-order chi connectivity index (χ0) is 15.3. The summed E-state index contributed by atoms with van der Waals surface area (Å²) < 4.78 is 50.8. The van der Waals surface area contributed by atoms with E-state index in [2.05, 4.69) is 5.32 Å². The summed E-state index contributed by atoms with van der Waals surface area (Å²) in [5, 5.41) is 13.2. The Morgan fingerprint density at radius 2 is 2.05 bits per heavy atom. The number of rotatable bonds is 4. The van der Waals surface area contributed by atoms with Crippen LogP contribution in [0.4, 0.5) is 28.0 Å². The molecule has 4 nitrogen and oxygen atoms in total. The van der Waals surface area contributed by atoms with Gasteiger partial charge in [0.25, 0.3) is 0 Å². The molecule has 1 atom stereocenters. The molecule has 3 N–H and O–H groups in total. The number of nitrogens with one attached hydrogen (secondary N) is 2. The predicted octanol–water partition coefficient (Wildman–Crippen LogP) is 2.74. The Morgan fingerprint density at radius 1 is 1.40 bits per heavy atom. The molecule has 0 aliphatic carbocycles. The first kappa shape index (κ1) is 16.2. The van der Waals surface area contributed by atoms with Crippen molar-refractivity contribution < 1.29 is 27.5 Å². The van der Waals surface area contributed by atoms with Gasteiger partial charge in [-0.15, -0.1) is 0 Å². The molecule has 0 bridgehead atoms. The third kappa shape index (κ3) is 4.37.